The van der Waals surface area contributed by atoms with Gasteiger partial charge in [0.1, 0.15) is 6.61 Å². The van der Waals surface area contributed by atoms with Crippen molar-refractivity contribution in [2.24, 2.45) is 0 Å². The number of ether oxygens (including phenoxy) is 1. The number of aromatic nitrogens is 2. The number of hydrogen-bond acceptors (Lipinski definition) is 5. The molecule has 8 heteroatoms. The van der Waals surface area contributed by atoms with Gasteiger partial charge >= 0.3 is 0 Å². The highest BCUT2D eigenvalue weighted by molar-refractivity contribution is 7.99. The van der Waals surface area contributed by atoms with E-state index >= 15 is 0 Å². The maximum absolute atomic E-state index is 11.8. The Bertz CT molecular complexity index is 633. The molecule has 2 aromatic rings. The predicted octanol–water partition coefficient (Wildman–Crippen LogP) is 2.70. The van der Waals surface area contributed by atoms with Crippen LogP contribution in [0.1, 0.15) is 22.8 Å². The molecule has 0 bridgehead atoms. The highest BCUT2D eigenvalue weighted by atomic mass is 35.5. The van der Waals surface area contributed by atoms with E-state index in [-0.39, 0.29) is 18.4 Å². The van der Waals surface area contributed by atoms with Crippen molar-refractivity contribution in [3.8, 4) is 5.88 Å². The minimum atomic E-state index is -0.387. The maximum atomic E-state index is 11.8. The van der Waals surface area contributed by atoms with Crippen LogP contribution in [0.2, 0.25) is 0 Å². The van der Waals surface area contributed by atoms with E-state index in [1.54, 1.807) is 23.9 Å². The van der Waals surface area contributed by atoms with E-state index in [0.717, 1.165) is 16.2 Å². The van der Waals surface area contributed by atoms with Gasteiger partial charge in [0, 0.05) is 33.9 Å². The van der Waals surface area contributed by atoms with Gasteiger partial charge in [-0.05, 0) is 17.9 Å². The van der Waals surface area contributed by atoms with E-state index in [4.69, 9.17) is 21.7 Å². The second-order valence-electron chi connectivity index (χ2n) is 4.00. The molecular formula is C13H14ClN3O3S. The third-order valence-corrected chi connectivity index (χ3v) is 3.83. The monoisotopic (exact) mass is 327 g/mol. The van der Waals surface area contributed by atoms with Gasteiger partial charge in [0.15, 0.2) is 0 Å². The van der Waals surface area contributed by atoms with Crippen LogP contribution in [0.15, 0.2) is 35.4 Å². The Labute approximate surface area is 131 Å². The van der Waals surface area contributed by atoms with Gasteiger partial charge in [-0.15, -0.1) is 16.6 Å². The number of nitrogens with one attached hydrogen (secondary N) is 1. The molecule has 112 valence electrons. The van der Waals surface area contributed by atoms with Gasteiger partial charge in [-0.1, -0.05) is 18.1 Å². The molecule has 2 rings (SSSR count). The van der Waals surface area contributed by atoms with E-state index in [1.165, 1.54) is 12.3 Å². The van der Waals surface area contributed by atoms with E-state index in [2.05, 4.69) is 9.93 Å². The van der Waals surface area contributed by atoms with Crippen molar-refractivity contribution >= 4 is 29.4 Å². The summed E-state index contributed by atoms with van der Waals surface area (Å²) in [5.74, 6) is 0.747. The Morgan fingerprint density at radius 3 is 2.95 bits per heavy atom. The summed E-state index contributed by atoms with van der Waals surface area (Å²) in [6, 6.07) is 6.92. The summed E-state index contributed by atoms with van der Waals surface area (Å²) in [4.78, 5) is 15.5. The zero-order valence-electron chi connectivity index (χ0n) is 11.2. The van der Waals surface area contributed by atoms with Crippen molar-refractivity contribution in [1.29, 1.82) is 0 Å². The number of rotatable bonds is 6. The largest absolute Gasteiger partial charge is 0.472 e. The lowest BCUT2D eigenvalue weighted by atomic mass is 10.1. The van der Waals surface area contributed by atoms with Gasteiger partial charge in [-0.2, -0.15) is 0 Å². The van der Waals surface area contributed by atoms with Crippen LogP contribution in [0.5, 0.6) is 5.88 Å². The molecule has 2 N–H and O–H groups in total. The van der Waals surface area contributed by atoms with Crippen LogP contribution >= 0.6 is 23.5 Å². The van der Waals surface area contributed by atoms with Gasteiger partial charge in [0.05, 0.1) is 6.20 Å². The van der Waals surface area contributed by atoms with Crippen LogP contribution < -0.4 is 9.57 Å². The van der Waals surface area contributed by atoms with E-state index in [1.807, 2.05) is 13.0 Å². The summed E-state index contributed by atoms with van der Waals surface area (Å²) in [7, 11) is 0. The summed E-state index contributed by atoms with van der Waals surface area (Å²) >= 11 is 7.02. The quantitative estimate of drug-likeness (QED) is 0.484. The van der Waals surface area contributed by atoms with Crippen LogP contribution in [0.4, 0.5) is 0 Å². The third kappa shape index (κ3) is 3.83. The summed E-state index contributed by atoms with van der Waals surface area (Å²) in [6.45, 7) is 2.18. The first-order valence-corrected chi connectivity index (χ1v) is 7.55. The van der Waals surface area contributed by atoms with Gasteiger partial charge in [-0.3, -0.25) is 9.63 Å². The number of amides is 1. The molecule has 0 saturated heterocycles. The predicted molar refractivity (Wildman–Crippen MR) is 79.9 cm³/mol. The number of nitrogens with zero attached hydrogens (tertiary/aromatic N) is 2. The second kappa shape index (κ2) is 7.24. The van der Waals surface area contributed by atoms with Crippen molar-refractivity contribution in [1.82, 2.24) is 14.8 Å². The molecule has 0 saturated carbocycles. The van der Waals surface area contributed by atoms with E-state index in [9.17, 15) is 4.79 Å². The van der Waals surface area contributed by atoms with Crippen molar-refractivity contribution in [2.75, 3.05) is 5.75 Å². The molecule has 0 spiro atoms. The fraction of sp³-hybridized carbons (Fsp3) is 0.231. The number of thioether (sulfide) groups is 1. The van der Waals surface area contributed by atoms with Gasteiger partial charge in [0.25, 0.3) is 5.91 Å². The molecular weight excluding hydrogens is 314 g/mol. The van der Waals surface area contributed by atoms with Crippen LogP contribution in [-0.2, 0) is 6.61 Å². The lowest BCUT2D eigenvalue weighted by molar-refractivity contribution is 0.0978. The number of carbonyl (C=O) groups excluding carboxylic acids is 1. The second-order valence-corrected chi connectivity index (χ2v) is 5.50. The first kappa shape index (κ1) is 15.5. The first-order chi connectivity index (χ1) is 10.2. The highest BCUT2D eigenvalue weighted by Crippen LogP contribution is 2.26. The molecule has 0 fully saturated rings. The molecule has 0 unspecified atom stereocenters. The summed E-state index contributed by atoms with van der Waals surface area (Å²) in [6.07, 6.45) is 1.36. The highest BCUT2D eigenvalue weighted by Gasteiger charge is 2.15. The summed E-state index contributed by atoms with van der Waals surface area (Å²) in [5, 5.41) is 12.8. The Hall–Kier alpha value is -1.86. The topological polar surface area (TPSA) is 76.4 Å². The lowest BCUT2D eigenvalue weighted by Crippen LogP contribution is -2.16. The maximum Gasteiger partial charge on any atom is 0.266 e. The molecule has 1 aromatic carbocycles. The minimum Gasteiger partial charge on any atom is -0.472 e. The zero-order valence-corrected chi connectivity index (χ0v) is 12.8. The number of hydrogen-bond donors (Lipinski definition) is 2. The van der Waals surface area contributed by atoms with Crippen molar-refractivity contribution < 1.29 is 14.7 Å². The number of halogens is 1. The molecule has 1 aromatic heterocycles. The molecule has 1 amide bonds. The zero-order chi connectivity index (χ0) is 15.2. The van der Waals surface area contributed by atoms with Crippen molar-refractivity contribution in [2.45, 2.75) is 18.4 Å². The number of carbonyl (C=O) groups is 1. The smallest absolute Gasteiger partial charge is 0.266 e. The Morgan fingerprint density at radius 2 is 2.33 bits per heavy atom. The van der Waals surface area contributed by atoms with Crippen LogP contribution in [0.25, 0.3) is 0 Å². The third-order valence-electron chi connectivity index (χ3n) is 2.68. The van der Waals surface area contributed by atoms with Crippen LogP contribution in [0, 0.1) is 0 Å². The molecule has 0 atom stereocenters. The normalized spacial score (nSPS) is 10.4. The molecule has 6 nitrogen and oxygen atoms in total. The van der Waals surface area contributed by atoms with Gasteiger partial charge in [0.2, 0.25) is 5.88 Å². The molecule has 0 aliphatic heterocycles. The molecule has 0 aliphatic carbocycles. The lowest BCUT2D eigenvalue weighted by Gasteiger charge is -2.13. The molecule has 0 radical (unpaired) electrons. The molecule has 0 aliphatic rings. The Balaban J connectivity index is 2.27. The number of benzene rings is 1. The van der Waals surface area contributed by atoms with Crippen molar-refractivity contribution in [3.05, 3.63) is 41.6 Å². The van der Waals surface area contributed by atoms with E-state index in [0.29, 0.717) is 10.4 Å². The average molecular weight is 328 g/mol. The molecule has 21 heavy (non-hydrogen) atoms. The summed E-state index contributed by atoms with van der Waals surface area (Å²) < 4.78 is 5.51. The SMILES string of the molecule is CCSc1cccc(C(=O)NCl)c1COc1ccn(O)n1. The average Bonchev–Trinajstić information content (AvgIpc) is 2.91. The van der Waals surface area contributed by atoms with Gasteiger partial charge < -0.3 is 9.94 Å². The molecule has 1 heterocycles. The minimum absolute atomic E-state index is 0.153. The van der Waals surface area contributed by atoms with E-state index < -0.39 is 0 Å². The Kier molecular flexibility index (Phi) is 5.35. The van der Waals surface area contributed by atoms with Gasteiger partial charge in [-0.25, -0.2) is 0 Å². The van der Waals surface area contributed by atoms with Crippen molar-refractivity contribution in [3.63, 3.8) is 0 Å². The van der Waals surface area contributed by atoms with Crippen LogP contribution in [-0.4, -0.2) is 26.8 Å². The summed E-state index contributed by atoms with van der Waals surface area (Å²) in [5.41, 5.74) is 1.18. The van der Waals surface area contributed by atoms with Crippen LogP contribution in [0.3, 0.4) is 0 Å². The standard InChI is InChI=1S/C13H14ClN3O3S/c1-2-21-11-5-3-4-9(13(18)15-14)10(11)8-20-12-6-7-17(19)16-12/h3-7,19H,2,8H2,1H3,(H,15,18). The first-order valence-electron chi connectivity index (χ1n) is 6.19. The fourth-order valence-electron chi connectivity index (χ4n) is 1.79. The Morgan fingerprint density at radius 1 is 1.52 bits per heavy atom. The fourth-order valence-corrected chi connectivity index (χ4v) is 2.72.